The molecule has 12 aromatic heterocycles. The van der Waals surface area contributed by atoms with E-state index in [0.717, 1.165) is 106 Å². The van der Waals surface area contributed by atoms with Crippen LogP contribution >= 0.6 is 0 Å². The molecule has 6 aromatic carbocycles. The fourth-order valence-corrected chi connectivity index (χ4v) is 17.2. The zero-order valence-electron chi connectivity index (χ0n) is 83.3. The van der Waals surface area contributed by atoms with Gasteiger partial charge in [-0.25, -0.2) is 47.9 Å². The van der Waals surface area contributed by atoms with Crippen LogP contribution in [0, 0.1) is 34.6 Å². The number of hydrogen-bond acceptors (Lipinski definition) is 20. The molecule has 34 heteroatoms. The average Bonchev–Trinajstić information content (AvgIpc) is 1.60. The molecule has 0 spiro atoms. The molecular weight excluding hydrogens is 1880 g/mol. The van der Waals surface area contributed by atoms with E-state index < -0.39 is 45.5 Å². The van der Waals surface area contributed by atoms with Gasteiger partial charge in [-0.3, -0.25) is 65.7 Å². The molecule has 18 aromatic rings. The summed E-state index contributed by atoms with van der Waals surface area (Å²) in [6.45, 7) is 25.8. The molecule has 774 valence electrons. The van der Waals surface area contributed by atoms with E-state index in [1.165, 1.54) is 44.9 Å². The molecule has 1 saturated carbocycles. The maximum atomic E-state index is 13.6. The highest BCUT2D eigenvalue weighted by atomic mass is 19.1. The van der Waals surface area contributed by atoms with Crippen LogP contribution in [0.25, 0.3) is 88.9 Å². The van der Waals surface area contributed by atoms with Crippen molar-refractivity contribution >= 4 is 44.1 Å². The number of para-hydroxylation sites is 2. The summed E-state index contributed by atoms with van der Waals surface area (Å²) in [5, 5.41) is 20.1. The van der Waals surface area contributed by atoms with Gasteiger partial charge in [-0.1, -0.05) is 251 Å². The van der Waals surface area contributed by atoms with Gasteiger partial charge in [0.2, 0.25) is 35.4 Å². The minimum atomic E-state index is -0.540. The number of ether oxygens (including phenoxy) is 4. The number of aromatic nitrogens is 20. The Balaban J connectivity index is 0.000000174. The summed E-state index contributed by atoms with van der Waals surface area (Å²) in [5.41, 5.74) is 8.44. The topological polar surface area (TPSA) is 336 Å². The molecule has 12 heterocycles. The monoisotopic (exact) mass is 2010 g/mol. The molecule has 1 aliphatic carbocycles. The zero-order chi connectivity index (χ0) is 102. The molecule has 0 aliphatic heterocycles. The second kappa shape index (κ2) is 47.6. The van der Waals surface area contributed by atoms with Crippen molar-refractivity contribution in [2.24, 2.45) is 50.9 Å². The third-order valence-electron chi connectivity index (χ3n) is 24.2. The van der Waals surface area contributed by atoms with Crippen LogP contribution in [0.1, 0.15) is 160 Å². The first-order chi connectivity index (χ1) is 69.0. The second-order valence-corrected chi connectivity index (χ2v) is 39.2. The van der Waals surface area contributed by atoms with E-state index in [-0.39, 0.29) is 98.7 Å². The van der Waals surface area contributed by atoms with Crippen molar-refractivity contribution in [3.05, 3.63) is 361 Å². The first kappa shape index (κ1) is 110. The first-order valence-electron chi connectivity index (χ1n) is 48.0. The van der Waals surface area contributed by atoms with Gasteiger partial charge < -0.3 is 18.9 Å². The minimum Gasteiger partial charge on any atom is -0.477 e. The van der Waals surface area contributed by atoms with E-state index >= 15 is 0 Å². The van der Waals surface area contributed by atoms with Crippen molar-refractivity contribution in [1.29, 1.82) is 0 Å². The third-order valence-corrected chi connectivity index (χ3v) is 24.2. The predicted octanol–water partition coefficient (Wildman–Crippen LogP) is 19.9. The lowest BCUT2D eigenvalue weighted by Crippen LogP contribution is -2.40. The Morgan fingerprint density at radius 2 is 0.642 bits per heavy atom. The Morgan fingerprint density at radius 1 is 0.351 bits per heavy atom. The van der Waals surface area contributed by atoms with Crippen LogP contribution in [-0.2, 0) is 80.5 Å². The van der Waals surface area contributed by atoms with Crippen molar-refractivity contribution in [2.45, 2.75) is 196 Å². The zero-order valence-corrected chi connectivity index (χ0v) is 83.3. The Labute approximate surface area is 857 Å². The maximum absolute atomic E-state index is 13.6. The van der Waals surface area contributed by atoms with Crippen LogP contribution in [0.3, 0.4) is 0 Å². The summed E-state index contributed by atoms with van der Waals surface area (Å²) in [4.78, 5) is 121. The van der Waals surface area contributed by atoms with Gasteiger partial charge in [0.05, 0.1) is 44.2 Å². The smallest absolute Gasteiger partial charge is 0.332 e. The molecule has 19 rings (SSSR count). The number of halogens is 2. The number of rotatable bonds is 27. The molecule has 0 amide bonds. The number of pyridine rings is 4. The van der Waals surface area contributed by atoms with Gasteiger partial charge in [0.25, 0.3) is 22.2 Å². The van der Waals surface area contributed by atoms with Crippen LogP contribution in [0.2, 0.25) is 0 Å². The van der Waals surface area contributed by atoms with Gasteiger partial charge >= 0.3 is 22.8 Å². The van der Waals surface area contributed by atoms with Crippen molar-refractivity contribution in [1.82, 2.24) is 95.6 Å². The Hall–Kier alpha value is -16.4. The highest BCUT2D eigenvalue weighted by molar-refractivity contribution is 5.84. The van der Waals surface area contributed by atoms with E-state index in [4.69, 9.17) is 39.3 Å². The molecule has 32 nitrogen and oxygen atoms in total. The molecule has 148 heavy (non-hydrogen) atoms. The highest BCUT2D eigenvalue weighted by Gasteiger charge is 2.32. The number of benzene rings is 6. The quantitative estimate of drug-likeness (QED) is 0.0432. The molecule has 0 saturated heterocycles. The lowest BCUT2D eigenvalue weighted by atomic mass is 9.97. The molecule has 1 aliphatic rings. The van der Waals surface area contributed by atoms with Gasteiger partial charge in [0.1, 0.15) is 39.1 Å². The number of nitrogens with zero attached hydrogens (tertiary/aromatic N) is 20. The summed E-state index contributed by atoms with van der Waals surface area (Å²) in [6, 6.07) is 67.0. The van der Waals surface area contributed by atoms with E-state index in [9.17, 15) is 47.1 Å². The summed E-state index contributed by atoms with van der Waals surface area (Å²) < 4.78 is 69.4. The van der Waals surface area contributed by atoms with Gasteiger partial charge in [-0.05, 0) is 172 Å². The molecule has 0 N–H and O–H groups in total. The lowest BCUT2D eigenvalue weighted by Gasteiger charge is -2.20. The lowest BCUT2D eigenvalue weighted by molar-refractivity contribution is 0.192. The van der Waals surface area contributed by atoms with Crippen LogP contribution in [0.5, 0.6) is 35.0 Å². The summed E-state index contributed by atoms with van der Waals surface area (Å²) in [6.07, 6.45) is 11.9. The van der Waals surface area contributed by atoms with E-state index in [0.29, 0.717) is 121 Å². The molecule has 1 fully saturated rings. The Morgan fingerprint density at radius 3 is 0.959 bits per heavy atom. The number of hydrogen-bond donors (Lipinski definition) is 0. The van der Waals surface area contributed by atoms with Crippen molar-refractivity contribution in [2.75, 3.05) is 6.61 Å². The Bertz CT molecular complexity index is 8190. The number of fused-ring (bicyclic) bond motifs is 4. The van der Waals surface area contributed by atoms with Crippen LogP contribution in [0.4, 0.5) is 8.78 Å². The van der Waals surface area contributed by atoms with Gasteiger partial charge in [0, 0.05) is 90.3 Å². The standard InChI is InChI=1S/C29H29N5O3.C28H26FN5O3.C27H30FN5O3.C26H31N5O3.4CH4/c1-29(2,3)19-33-25-24(26(35)32(4)28(33)36)27(37-23-8-6-5-7-9-23)34(31-25)18-20-10-12-21(13-11-20)22-14-16-30-17-15-22;1-18(2)16-33-25-24(26(35)32(3)28(33)36)27(37-21-8-5-4-6-9-21)34(31-25)17-19-12-14-20(15-13-19)22-10-7-11-23(29)30-22;1-17(2)15-32-24-23(25(34)31(3)27(32)35)26(36-20-7-4-5-8-20)33(30-24)16-18-11-13-19(14-12-18)21-9-6-10-22(28)29-21;1-6-15-34-24-21-22(30(17-26(2,3)4)25(33)29(5)23(21)32)28-31(24)16-18-7-9-19(10-8-18)20-11-13-27-14-12-20;;;;/h5-17H,18-19H2,1-4H3;4-15,18H,16-17H2,1-3H3;6,9-14,17,20H,4-5,7-8,15-16H2,1-3H3;7-14H,6,15-17H2,1-5H3;4*1H4. The SMILES string of the molecule is C.C.C.C.CC(C)Cn1c(=O)n(C)c(=O)c2c(OC3CCCC3)n(Cc3ccc(-c4cccc(F)n4)cc3)nc21.CC(C)Cn1c(=O)n(C)c(=O)c2c(Oc3ccccc3)n(Cc3ccc(-c4cccc(F)n4)cc3)nc21.CCCOc1c2c(=O)n(C)c(=O)n(CC(C)(C)C)c2nn1Cc1ccc(-c2ccncc2)cc1.Cn1c(=O)c2c(Oc3ccccc3)n(Cc3ccc(-c4ccncc4)cc3)nc2n(CC(C)(C)C)c1=O. The van der Waals surface area contributed by atoms with E-state index in [1.54, 1.807) is 93.6 Å². The average molecular weight is 2010 g/mol. The van der Waals surface area contributed by atoms with Crippen LogP contribution in [-0.4, -0.2) is 108 Å². The molecule has 0 atom stereocenters. The molecular formula is C114H132F2N20O12. The van der Waals surface area contributed by atoms with Gasteiger partial charge in [-0.2, -0.15) is 29.2 Å². The molecule has 0 unspecified atom stereocenters. The summed E-state index contributed by atoms with van der Waals surface area (Å²) in [5.74, 6) is 1.78. The fourth-order valence-electron chi connectivity index (χ4n) is 17.2. The summed E-state index contributed by atoms with van der Waals surface area (Å²) >= 11 is 0. The minimum absolute atomic E-state index is 0. The predicted molar refractivity (Wildman–Crippen MR) is 579 cm³/mol. The summed E-state index contributed by atoms with van der Waals surface area (Å²) in [7, 11) is 5.95. The van der Waals surface area contributed by atoms with Crippen LogP contribution < -0.4 is 63.9 Å². The van der Waals surface area contributed by atoms with Gasteiger partial charge in [0.15, 0.2) is 22.6 Å². The highest BCUT2D eigenvalue weighted by Crippen LogP contribution is 2.36. The third kappa shape index (κ3) is 25.0. The van der Waals surface area contributed by atoms with Crippen molar-refractivity contribution in [3.63, 3.8) is 0 Å². The Kier molecular flexibility index (Phi) is 35.5. The largest absolute Gasteiger partial charge is 0.477 e. The van der Waals surface area contributed by atoms with Crippen molar-refractivity contribution < 1.29 is 27.7 Å². The van der Waals surface area contributed by atoms with Crippen LogP contribution in [0.15, 0.2) is 282 Å². The van der Waals surface area contributed by atoms with Gasteiger partial charge in [-0.15, -0.1) is 0 Å². The van der Waals surface area contributed by atoms with E-state index in [2.05, 4.69) is 32.1 Å². The first-order valence-corrected chi connectivity index (χ1v) is 48.0. The maximum Gasteiger partial charge on any atom is 0.332 e. The molecule has 0 radical (unpaired) electrons. The molecule has 0 bridgehead atoms. The van der Waals surface area contributed by atoms with E-state index in [1.807, 2.05) is 234 Å². The fraction of sp³-hybridized carbons (Fsp3) is 0.333. The van der Waals surface area contributed by atoms with Crippen molar-refractivity contribution in [3.8, 4) is 79.8 Å². The second-order valence-electron chi connectivity index (χ2n) is 39.2. The normalized spacial score (nSPS) is 11.9.